The molecule has 1 aromatic heterocycles. The molecule has 62 valence electrons. The Morgan fingerprint density at radius 1 is 1.64 bits per heavy atom. The molecule has 0 amide bonds. The van der Waals surface area contributed by atoms with Crippen molar-refractivity contribution >= 4 is 17.0 Å². The predicted octanol–water partition coefficient (Wildman–Crippen LogP) is 1.40. The van der Waals surface area contributed by atoms with E-state index in [4.69, 9.17) is 0 Å². The Balaban J connectivity index is 2.36. The van der Waals surface area contributed by atoms with E-state index < -0.39 is 0 Å². The van der Waals surface area contributed by atoms with E-state index in [0.717, 1.165) is 13.1 Å². The number of hydrogen-bond acceptors (Lipinski definition) is 3. The lowest BCUT2D eigenvalue weighted by atomic mass is 10.4. The van der Waals surface area contributed by atoms with Crippen molar-refractivity contribution < 1.29 is 0 Å². The molecule has 0 atom stereocenters. The van der Waals surface area contributed by atoms with Crippen LogP contribution in [0, 0.1) is 0 Å². The molecule has 0 radical (unpaired) electrons. The maximum Gasteiger partial charge on any atom is 0.0472 e. The van der Waals surface area contributed by atoms with E-state index in [9.17, 15) is 0 Å². The molecular formula is C8H14N2S. The molecule has 0 saturated heterocycles. The Kier molecular flexibility index (Phi) is 3.39. The van der Waals surface area contributed by atoms with Gasteiger partial charge in [-0.3, -0.25) is 0 Å². The van der Waals surface area contributed by atoms with Gasteiger partial charge in [0.25, 0.3) is 0 Å². The van der Waals surface area contributed by atoms with Gasteiger partial charge in [-0.2, -0.15) is 11.3 Å². The minimum absolute atomic E-state index is 1.03. The number of likely N-dealkylation sites (N-methyl/N-ethyl adjacent to an activating group) is 2. The van der Waals surface area contributed by atoms with Crippen LogP contribution in [0.3, 0.4) is 0 Å². The van der Waals surface area contributed by atoms with Crippen LogP contribution in [-0.4, -0.2) is 27.2 Å². The summed E-state index contributed by atoms with van der Waals surface area (Å²) in [6.45, 7) is 2.10. The fraction of sp³-hybridized carbons (Fsp3) is 0.500. The fourth-order valence-corrected chi connectivity index (χ4v) is 1.58. The molecule has 0 aliphatic carbocycles. The molecule has 1 rings (SSSR count). The average Bonchev–Trinajstić information content (AvgIpc) is 2.52. The molecule has 0 aliphatic rings. The Hall–Kier alpha value is -0.540. The van der Waals surface area contributed by atoms with Gasteiger partial charge in [-0.1, -0.05) is 0 Å². The zero-order valence-corrected chi connectivity index (χ0v) is 7.82. The van der Waals surface area contributed by atoms with Crippen molar-refractivity contribution in [1.82, 2.24) is 5.32 Å². The highest BCUT2D eigenvalue weighted by atomic mass is 32.1. The van der Waals surface area contributed by atoms with Gasteiger partial charge in [0.2, 0.25) is 0 Å². The molecule has 1 N–H and O–H groups in total. The van der Waals surface area contributed by atoms with E-state index in [2.05, 4.69) is 34.1 Å². The second-order valence-electron chi connectivity index (χ2n) is 2.51. The third-order valence-electron chi connectivity index (χ3n) is 1.64. The van der Waals surface area contributed by atoms with Gasteiger partial charge in [0, 0.05) is 31.2 Å². The Morgan fingerprint density at radius 3 is 3.00 bits per heavy atom. The molecule has 0 aliphatic heterocycles. The van der Waals surface area contributed by atoms with Crippen LogP contribution in [0.1, 0.15) is 0 Å². The summed E-state index contributed by atoms with van der Waals surface area (Å²) in [6, 6.07) is 2.14. The molecule has 1 heterocycles. The zero-order valence-electron chi connectivity index (χ0n) is 7.00. The lowest BCUT2D eigenvalue weighted by molar-refractivity contribution is 0.768. The summed E-state index contributed by atoms with van der Waals surface area (Å²) in [6.07, 6.45) is 0. The highest BCUT2D eigenvalue weighted by molar-refractivity contribution is 7.08. The molecule has 0 bridgehead atoms. The number of rotatable bonds is 4. The first-order chi connectivity index (χ1) is 5.34. The van der Waals surface area contributed by atoms with E-state index in [0.29, 0.717) is 0 Å². The van der Waals surface area contributed by atoms with Crippen molar-refractivity contribution in [1.29, 1.82) is 0 Å². The van der Waals surface area contributed by atoms with Gasteiger partial charge < -0.3 is 10.2 Å². The summed E-state index contributed by atoms with van der Waals surface area (Å²) in [4.78, 5) is 2.24. The van der Waals surface area contributed by atoms with E-state index in [1.165, 1.54) is 5.69 Å². The summed E-state index contributed by atoms with van der Waals surface area (Å²) in [5.74, 6) is 0. The van der Waals surface area contributed by atoms with Crippen LogP contribution in [0.5, 0.6) is 0 Å². The first-order valence-corrected chi connectivity index (χ1v) is 4.67. The lowest BCUT2D eigenvalue weighted by Crippen LogP contribution is -2.26. The summed E-state index contributed by atoms with van der Waals surface area (Å²) in [5, 5.41) is 7.39. The standard InChI is InChI=1S/C8H14N2S/c1-9-4-5-10(2)8-3-6-11-7-8/h3,6-7,9H,4-5H2,1-2H3. The minimum Gasteiger partial charge on any atom is -0.373 e. The second kappa shape index (κ2) is 4.36. The topological polar surface area (TPSA) is 15.3 Å². The van der Waals surface area contributed by atoms with Crippen molar-refractivity contribution in [3.63, 3.8) is 0 Å². The van der Waals surface area contributed by atoms with Crippen LogP contribution in [0.4, 0.5) is 5.69 Å². The quantitative estimate of drug-likeness (QED) is 0.735. The maximum absolute atomic E-state index is 3.12. The van der Waals surface area contributed by atoms with Crippen molar-refractivity contribution in [3.05, 3.63) is 16.8 Å². The van der Waals surface area contributed by atoms with Crippen LogP contribution in [0.25, 0.3) is 0 Å². The van der Waals surface area contributed by atoms with Crippen molar-refractivity contribution in [3.8, 4) is 0 Å². The Morgan fingerprint density at radius 2 is 2.45 bits per heavy atom. The Labute approximate surface area is 71.8 Å². The zero-order chi connectivity index (χ0) is 8.10. The SMILES string of the molecule is CNCCN(C)c1ccsc1. The highest BCUT2D eigenvalue weighted by Crippen LogP contribution is 2.15. The summed E-state index contributed by atoms with van der Waals surface area (Å²) < 4.78 is 0. The lowest BCUT2D eigenvalue weighted by Gasteiger charge is -2.16. The van der Waals surface area contributed by atoms with E-state index in [1.54, 1.807) is 11.3 Å². The molecule has 0 saturated carbocycles. The second-order valence-corrected chi connectivity index (χ2v) is 3.29. The molecule has 0 fully saturated rings. The molecule has 11 heavy (non-hydrogen) atoms. The monoisotopic (exact) mass is 170 g/mol. The highest BCUT2D eigenvalue weighted by Gasteiger charge is 1.97. The average molecular weight is 170 g/mol. The van der Waals surface area contributed by atoms with Crippen LogP contribution in [0.2, 0.25) is 0 Å². The number of thiophene rings is 1. The number of nitrogens with zero attached hydrogens (tertiary/aromatic N) is 1. The van der Waals surface area contributed by atoms with Crippen LogP contribution in [-0.2, 0) is 0 Å². The number of nitrogens with one attached hydrogen (secondary N) is 1. The van der Waals surface area contributed by atoms with Crippen molar-refractivity contribution in [2.45, 2.75) is 0 Å². The molecule has 3 heteroatoms. The van der Waals surface area contributed by atoms with Crippen LogP contribution < -0.4 is 10.2 Å². The molecular weight excluding hydrogens is 156 g/mol. The summed E-state index contributed by atoms with van der Waals surface area (Å²) >= 11 is 1.74. The fourth-order valence-electron chi connectivity index (χ4n) is 0.883. The van der Waals surface area contributed by atoms with Crippen LogP contribution in [0.15, 0.2) is 16.8 Å². The molecule has 1 aromatic rings. The molecule has 0 unspecified atom stereocenters. The normalized spacial score (nSPS) is 10.0. The maximum atomic E-state index is 3.12. The first kappa shape index (κ1) is 8.56. The van der Waals surface area contributed by atoms with Gasteiger partial charge in [0.15, 0.2) is 0 Å². The van der Waals surface area contributed by atoms with Crippen LogP contribution >= 0.6 is 11.3 Å². The van der Waals surface area contributed by atoms with E-state index in [1.807, 2.05) is 7.05 Å². The van der Waals surface area contributed by atoms with Gasteiger partial charge in [-0.25, -0.2) is 0 Å². The number of anilines is 1. The first-order valence-electron chi connectivity index (χ1n) is 3.72. The summed E-state index contributed by atoms with van der Waals surface area (Å²) in [7, 11) is 4.08. The number of hydrogen-bond donors (Lipinski definition) is 1. The van der Waals surface area contributed by atoms with E-state index >= 15 is 0 Å². The van der Waals surface area contributed by atoms with Gasteiger partial charge in [-0.15, -0.1) is 0 Å². The Bertz CT molecular complexity index is 184. The van der Waals surface area contributed by atoms with Gasteiger partial charge in [0.1, 0.15) is 0 Å². The minimum atomic E-state index is 1.03. The smallest absolute Gasteiger partial charge is 0.0472 e. The van der Waals surface area contributed by atoms with Crippen molar-refractivity contribution in [2.75, 3.05) is 32.1 Å². The predicted molar refractivity (Wildman–Crippen MR) is 51.5 cm³/mol. The largest absolute Gasteiger partial charge is 0.373 e. The summed E-state index contributed by atoms with van der Waals surface area (Å²) in [5.41, 5.74) is 1.31. The molecule has 0 aromatic carbocycles. The molecule has 2 nitrogen and oxygen atoms in total. The third kappa shape index (κ3) is 2.52. The third-order valence-corrected chi connectivity index (χ3v) is 2.31. The molecule has 0 spiro atoms. The van der Waals surface area contributed by atoms with Crippen molar-refractivity contribution in [2.24, 2.45) is 0 Å². The van der Waals surface area contributed by atoms with E-state index in [-0.39, 0.29) is 0 Å². The van der Waals surface area contributed by atoms with Gasteiger partial charge in [0.05, 0.1) is 0 Å². The van der Waals surface area contributed by atoms with Gasteiger partial charge in [-0.05, 0) is 18.5 Å². The van der Waals surface area contributed by atoms with Gasteiger partial charge >= 0.3 is 0 Å².